The van der Waals surface area contributed by atoms with E-state index in [2.05, 4.69) is 36.8 Å². The fourth-order valence-electron chi connectivity index (χ4n) is 1.82. The van der Waals surface area contributed by atoms with Crippen LogP contribution in [0.25, 0.3) is 0 Å². The third-order valence-electron chi connectivity index (χ3n) is 2.70. The van der Waals surface area contributed by atoms with E-state index in [0.717, 1.165) is 25.6 Å². The molecule has 0 saturated heterocycles. The van der Waals surface area contributed by atoms with Crippen molar-refractivity contribution >= 4 is 31.9 Å². The SMILES string of the molecule is Cc1ccc(Br)c(C(O)Cc2cncc(Br)c2)c1. The van der Waals surface area contributed by atoms with Crippen molar-refractivity contribution in [2.24, 2.45) is 0 Å². The van der Waals surface area contributed by atoms with E-state index >= 15 is 0 Å². The quantitative estimate of drug-likeness (QED) is 0.878. The minimum Gasteiger partial charge on any atom is -0.388 e. The van der Waals surface area contributed by atoms with Gasteiger partial charge in [0.2, 0.25) is 0 Å². The molecule has 0 amide bonds. The van der Waals surface area contributed by atoms with Crippen LogP contribution in [0.1, 0.15) is 22.8 Å². The van der Waals surface area contributed by atoms with Crippen molar-refractivity contribution in [3.05, 3.63) is 62.3 Å². The summed E-state index contributed by atoms with van der Waals surface area (Å²) < 4.78 is 1.86. The lowest BCUT2D eigenvalue weighted by Crippen LogP contribution is -2.03. The molecule has 0 aliphatic carbocycles. The number of aliphatic hydroxyl groups excluding tert-OH is 1. The molecule has 0 saturated carbocycles. The molecule has 1 aromatic heterocycles. The minimum absolute atomic E-state index is 0.532. The molecule has 18 heavy (non-hydrogen) atoms. The van der Waals surface area contributed by atoms with E-state index in [9.17, 15) is 5.11 Å². The zero-order valence-corrected chi connectivity index (χ0v) is 13.1. The number of aromatic nitrogens is 1. The molecule has 1 aromatic carbocycles. The first-order valence-corrected chi connectivity index (χ1v) is 7.18. The number of hydrogen-bond donors (Lipinski definition) is 1. The summed E-state index contributed by atoms with van der Waals surface area (Å²) in [5.41, 5.74) is 3.06. The molecule has 0 spiro atoms. The fourth-order valence-corrected chi connectivity index (χ4v) is 2.74. The highest BCUT2D eigenvalue weighted by Crippen LogP contribution is 2.27. The Morgan fingerprint density at radius 3 is 2.72 bits per heavy atom. The molecule has 2 rings (SSSR count). The first-order chi connectivity index (χ1) is 8.56. The Bertz CT molecular complexity index is 557. The lowest BCUT2D eigenvalue weighted by Gasteiger charge is -2.13. The zero-order valence-electron chi connectivity index (χ0n) is 9.90. The molecule has 0 fully saturated rings. The summed E-state index contributed by atoms with van der Waals surface area (Å²) in [4.78, 5) is 4.10. The topological polar surface area (TPSA) is 33.1 Å². The maximum absolute atomic E-state index is 10.3. The number of nitrogens with zero attached hydrogens (tertiary/aromatic N) is 1. The molecule has 0 aliphatic heterocycles. The van der Waals surface area contributed by atoms with Crippen LogP contribution in [0.3, 0.4) is 0 Å². The van der Waals surface area contributed by atoms with Crippen LogP contribution < -0.4 is 0 Å². The molecule has 0 bridgehead atoms. The predicted octanol–water partition coefficient (Wildman–Crippen LogP) is 4.19. The van der Waals surface area contributed by atoms with Crippen molar-refractivity contribution in [2.75, 3.05) is 0 Å². The molecule has 4 heteroatoms. The first-order valence-electron chi connectivity index (χ1n) is 5.60. The summed E-state index contributed by atoms with van der Waals surface area (Å²) in [6.07, 6.45) is 3.53. The lowest BCUT2D eigenvalue weighted by atomic mass is 10.0. The second-order valence-corrected chi connectivity index (χ2v) is 6.03. The maximum atomic E-state index is 10.3. The average molecular weight is 371 g/mol. The number of aliphatic hydroxyl groups is 1. The van der Waals surface area contributed by atoms with Crippen molar-refractivity contribution < 1.29 is 5.11 Å². The Labute approximate surface area is 123 Å². The first kappa shape index (κ1) is 13.7. The van der Waals surface area contributed by atoms with E-state index in [4.69, 9.17) is 0 Å². The Morgan fingerprint density at radius 1 is 1.22 bits per heavy atom. The molecule has 2 aromatic rings. The van der Waals surface area contributed by atoms with Gasteiger partial charge in [-0.1, -0.05) is 33.6 Å². The number of pyridine rings is 1. The number of hydrogen-bond acceptors (Lipinski definition) is 2. The van der Waals surface area contributed by atoms with Crippen molar-refractivity contribution in [3.8, 4) is 0 Å². The van der Waals surface area contributed by atoms with Gasteiger partial charge in [0.25, 0.3) is 0 Å². The van der Waals surface area contributed by atoms with E-state index in [1.54, 1.807) is 12.4 Å². The van der Waals surface area contributed by atoms with Crippen LogP contribution in [0.15, 0.2) is 45.6 Å². The van der Waals surface area contributed by atoms with Gasteiger partial charge in [-0.25, -0.2) is 0 Å². The van der Waals surface area contributed by atoms with Gasteiger partial charge in [-0.2, -0.15) is 0 Å². The molecule has 2 nitrogen and oxygen atoms in total. The average Bonchev–Trinajstić information content (AvgIpc) is 2.32. The van der Waals surface area contributed by atoms with E-state index in [1.165, 1.54) is 0 Å². The van der Waals surface area contributed by atoms with E-state index < -0.39 is 6.10 Å². The van der Waals surface area contributed by atoms with Crippen molar-refractivity contribution in [2.45, 2.75) is 19.4 Å². The normalized spacial score (nSPS) is 12.4. The standard InChI is InChI=1S/C14H13Br2NO/c1-9-2-3-13(16)12(4-9)14(18)6-10-5-11(15)8-17-7-10/h2-5,7-8,14,18H,6H2,1H3. The Kier molecular flexibility index (Phi) is 4.54. The van der Waals surface area contributed by atoms with Gasteiger partial charge in [0.1, 0.15) is 0 Å². The summed E-state index contributed by atoms with van der Waals surface area (Å²) >= 11 is 6.85. The van der Waals surface area contributed by atoms with Gasteiger partial charge in [-0.05, 0) is 46.1 Å². The largest absolute Gasteiger partial charge is 0.388 e. The van der Waals surface area contributed by atoms with Crippen LogP contribution in [-0.4, -0.2) is 10.1 Å². The number of aryl methyl sites for hydroxylation is 1. The highest BCUT2D eigenvalue weighted by molar-refractivity contribution is 9.10. The zero-order chi connectivity index (χ0) is 13.1. The van der Waals surface area contributed by atoms with Gasteiger partial charge < -0.3 is 5.11 Å². The molecule has 1 heterocycles. The fraction of sp³-hybridized carbons (Fsp3) is 0.214. The van der Waals surface area contributed by atoms with Crippen LogP contribution in [0, 0.1) is 6.92 Å². The molecular formula is C14H13Br2NO. The van der Waals surface area contributed by atoms with Crippen molar-refractivity contribution in [3.63, 3.8) is 0 Å². The van der Waals surface area contributed by atoms with E-state index in [1.807, 2.05) is 31.2 Å². The Morgan fingerprint density at radius 2 is 2.00 bits per heavy atom. The van der Waals surface area contributed by atoms with Gasteiger partial charge in [0, 0.05) is 27.8 Å². The van der Waals surface area contributed by atoms with Crippen LogP contribution in [-0.2, 0) is 6.42 Å². The molecular weight excluding hydrogens is 358 g/mol. The van der Waals surface area contributed by atoms with Gasteiger partial charge in [-0.3, -0.25) is 4.98 Å². The van der Waals surface area contributed by atoms with Crippen molar-refractivity contribution in [1.29, 1.82) is 0 Å². The van der Waals surface area contributed by atoms with Gasteiger partial charge in [0.15, 0.2) is 0 Å². The Balaban J connectivity index is 2.21. The summed E-state index contributed by atoms with van der Waals surface area (Å²) in [5.74, 6) is 0. The summed E-state index contributed by atoms with van der Waals surface area (Å²) in [6, 6.07) is 7.95. The van der Waals surface area contributed by atoms with Gasteiger partial charge in [0.05, 0.1) is 6.10 Å². The maximum Gasteiger partial charge on any atom is 0.0841 e. The van der Waals surface area contributed by atoms with Gasteiger partial charge >= 0.3 is 0 Å². The molecule has 1 N–H and O–H groups in total. The lowest BCUT2D eigenvalue weighted by molar-refractivity contribution is 0.177. The number of benzene rings is 1. The second kappa shape index (κ2) is 5.95. The highest BCUT2D eigenvalue weighted by atomic mass is 79.9. The van der Waals surface area contributed by atoms with Crippen LogP contribution in [0.2, 0.25) is 0 Å². The van der Waals surface area contributed by atoms with Crippen LogP contribution in [0.4, 0.5) is 0 Å². The molecule has 0 radical (unpaired) electrons. The monoisotopic (exact) mass is 369 g/mol. The van der Waals surface area contributed by atoms with Gasteiger partial charge in [-0.15, -0.1) is 0 Å². The second-order valence-electron chi connectivity index (χ2n) is 4.26. The van der Waals surface area contributed by atoms with Crippen LogP contribution in [0.5, 0.6) is 0 Å². The molecule has 0 aliphatic rings. The minimum atomic E-state index is -0.532. The summed E-state index contributed by atoms with van der Waals surface area (Å²) in [5, 5.41) is 10.3. The van der Waals surface area contributed by atoms with Crippen molar-refractivity contribution in [1.82, 2.24) is 4.98 Å². The van der Waals surface area contributed by atoms with Crippen LogP contribution >= 0.6 is 31.9 Å². The smallest absolute Gasteiger partial charge is 0.0841 e. The molecule has 1 atom stereocenters. The Hall–Kier alpha value is -0.710. The highest BCUT2D eigenvalue weighted by Gasteiger charge is 2.12. The molecule has 94 valence electrons. The third-order valence-corrected chi connectivity index (χ3v) is 3.86. The van der Waals surface area contributed by atoms with E-state index in [0.29, 0.717) is 6.42 Å². The van der Waals surface area contributed by atoms with E-state index in [-0.39, 0.29) is 0 Å². The summed E-state index contributed by atoms with van der Waals surface area (Å²) in [7, 11) is 0. The summed E-state index contributed by atoms with van der Waals surface area (Å²) in [6.45, 7) is 2.02. The predicted molar refractivity (Wildman–Crippen MR) is 79.5 cm³/mol. The molecule has 1 unspecified atom stereocenters. The number of rotatable bonds is 3. The number of halogens is 2. The third kappa shape index (κ3) is 3.40.